The van der Waals surface area contributed by atoms with Crippen LogP contribution in [0.4, 0.5) is 5.69 Å². The molecule has 5 nitrogen and oxygen atoms in total. The summed E-state index contributed by atoms with van der Waals surface area (Å²) in [5.41, 5.74) is 5.37. The lowest BCUT2D eigenvalue weighted by Crippen LogP contribution is -2.12. The lowest BCUT2D eigenvalue weighted by atomic mass is 9.97. The van der Waals surface area contributed by atoms with E-state index in [-0.39, 0.29) is 5.91 Å². The highest BCUT2D eigenvalue weighted by Gasteiger charge is 2.11. The van der Waals surface area contributed by atoms with Crippen LogP contribution in [-0.4, -0.2) is 29.6 Å². The van der Waals surface area contributed by atoms with Crippen LogP contribution in [0.15, 0.2) is 79.0 Å². The maximum Gasteiger partial charge on any atom is 0.255 e. The zero-order valence-corrected chi connectivity index (χ0v) is 17.5. The number of hydrogen-bond donors (Lipinski definition) is 1. The average Bonchev–Trinajstić information content (AvgIpc) is 2.80. The van der Waals surface area contributed by atoms with Crippen LogP contribution in [-0.2, 0) is 4.74 Å². The molecule has 0 aliphatic rings. The molecule has 0 fully saturated rings. The highest BCUT2D eigenvalue weighted by molar-refractivity contribution is 6.05. The van der Waals surface area contributed by atoms with Gasteiger partial charge in [-0.25, -0.2) is 9.97 Å². The zero-order chi connectivity index (χ0) is 21.6. The maximum absolute atomic E-state index is 12.7. The number of rotatable bonds is 6. The second-order valence-electron chi connectivity index (χ2n) is 7.21. The topological polar surface area (TPSA) is 64.1 Å². The Labute approximate surface area is 181 Å². The fourth-order valence-corrected chi connectivity index (χ4v) is 3.34. The predicted octanol–water partition coefficient (Wildman–Crippen LogP) is 5.52. The molecule has 0 unspecified atom stereocenters. The van der Waals surface area contributed by atoms with E-state index in [2.05, 4.69) is 21.4 Å². The van der Waals surface area contributed by atoms with E-state index in [4.69, 9.17) is 4.74 Å². The van der Waals surface area contributed by atoms with E-state index in [1.54, 1.807) is 7.11 Å². The largest absolute Gasteiger partial charge is 0.381 e. The number of carbonyl (C=O) groups excluding carboxylic acids is 1. The van der Waals surface area contributed by atoms with Gasteiger partial charge in [-0.15, -0.1) is 0 Å². The predicted molar refractivity (Wildman–Crippen MR) is 125 cm³/mol. The molecule has 0 atom stereocenters. The Kier molecular flexibility index (Phi) is 6.15. The van der Waals surface area contributed by atoms with Crippen molar-refractivity contribution in [3.05, 3.63) is 96.0 Å². The van der Waals surface area contributed by atoms with Gasteiger partial charge < -0.3 is 10.1 Å². The first-order valence-corrected chi connectivity index (χ1v) is 10.0. The number of aromatic nitrogens is 2. The van der Waals surface area contributed by atoms with E-state index in [1.165, 1.54) is 0 Å². The number of benzene rings is 3. The first-order valence-electron chi connectivity index (χ1n) is 10.0. The molecular formula is C26H23N3O2. The molecule has 0 saturated carbocycles. The molecule has 1 N–H and O–H groups in total. The summed E-state index contributed by atoms with van der Waals surface area (Å²) in [6, 6.07) is 21.3. The third-order valence-corrected chi connectivity index (χ3v) is 4.97. The fourth-order valence-electron chi connectivity index (χ4n) is 3.34. The van der Waals surface area contributed by atoms with Crippen LogP contribution < -0.4 is 5.32 Å². The lowest BCUT2D eigenvalue weighted by molar-refractivity contribution is 0.102. The average molecular weight is 409 g/mol. The van der Waals surface area contributed by atoms with Crippen LogP contribution in [0, 0.1) is 6.92 Å². The Morgan fingerprint density at radius 1 is 1.06 bits per heavy atom. The number of para-hydroxylation sites is 1. The van der Waals surface area contributed by atoms with Crippen molar-refractivity contribution in [2.75, 3.05) is 19.0 Å². The molecule has 3 aromatic carbocycles. The maximum atomic E-state index is 12.7. The number of methoxy groups -OCH3 is 1. The SMILES string of the molecule is COC/C=C/c1ncc2cc(-c3cc(C(=O)Nc4ccccc4)ccc3C)ccc2n1. The number of nitrogens with zero attached hydrogens (tertiary/aromatic N) is 2. The molecule has 0 spiro atoms. The third kappa shape index (κ3) is 4.85. The summed E-state index contributed by atoms with van der Waals surface area (Å²) >= 11 is 0. The summed E-state index contributed by atoms with van der Waals surface area (Å²) in [6.07, 6.45) is 5.54. The Morgan fingerprint density at radius 3 is 2.71 bits per heavy atom. The molecule has 4 rings (SSSR count). The minimum absolute atomic E-state index is 0.135. The first kappa shape index (κ1) is 20.4. The van der Waals surface area contributed by atoms with Gasteiger partial charge in [-0.3, -0.25) is 4.79 Å². The van der Waals surface area contributed by atoms with Gasteiger partial charge in [0.25, 0.3) is 5.91 Å². The monoisotopic (exact) mass is 409 g/mol. The fraction of sp³-hybridized carbons (Fsp3) is 0.115. The Morgan fingerprint density at radius 2 is 1.90 bits per heavy atom. The van der Waals surface area contributed by atoms with Gasteiger partial charge in [0, 0.05) is 29.9 Å². The minimum atomic E-state index is -0.135. The number of ether oxygens (including phenoxy) is 1. The third-order valence-electron chi connectivity index (χ3n) is 4.97. The van der Waals surface area contributed by atoms with Crippen molar-refractivity contribution in [3.63, 3.8) is 0 Å². The minimum Gasteiger partial charge on any atom is -0.381 e. The zero-order valence-electron chi connectivity index (χ0n) is 17.5. The van der Waals surface area contributed by atoms with Crippen molar-refractivity contribution in [3.8, 4) is 11.1 Å². The summed E-state index contributed by atoms with van der Waals surface area (Å²) in [7, 11) is 1.65. The molecule has 1 heterocycles. The standard InChI is InChI=1S/C26H23N3O2/c1-18-10-11-20(26(30)28-22-7-4-3-5-8-22)16-23(18)19-12-13-24-21(15-19)17-27-25(29-24)9-6-14-31-2/h3-13,15-17H,14H2,1-2H3,(H,28,30)/b9-6+. The molecule has 5 heteroatoms. The molecule has 1 aromatic heterocycles. The number of anilines is 1. The number of nitrogens with one attached hydrogen (secondary N) is 1. The molecule has 154 valence electrons. The van der Waals surface area contributed by atoms with Gasteiger partial charge in [-0.2, -0.15) is 0 Å². The summed E-state index contributed by atoms with van der Waals surface area (Å²) < 4.78 is 5.02. The van der Waals surface area contributed by atoms with Gasteiger partial charge in [0.1, 0.15) is 0 Å². The smallest absolute Gasteiger partial charge is 0.255 e. The van der Waals surface area contributed by atoms with Crippen LogP contribution in [0.25, 0.3) is 28.1 Å². The van der Waals surface area contributed by atoms with Gasteiger partial charge in [-0.05, 0) is 66.1 Å². The van der Waals surface area contributed by atoms with Gasteiger partial charge in [-0.1, -0.05) is 36.4 Å². The normalized spacial score (nSPS) is 11.2. The van der Waals surface area contributed by atoms with Crippen LogP contribution in [0.1, 0.15) is 21.7 Å². The molecule has 0 aliphatic heterocycles. The molecule has 0 saturated heterocycles. The van der Waals surface area contributed by atoms with Crippen molar-refractivity contribution < 1.29 is 9.53 Å². The van der Waals surface area contributed by atoms with Crippen molar-refractivity contribution >= 4 is 28.6 Å². The van der Waals surface area contributed by atoms with Crippen molar-refractivity contribution in [1.82, 2.24) is 9.97 Å². The number of carbonyl (C=O) groups is 1. The van der Waals surface area contributed by atoms with Crippen LogP contribution in [0.2, 0.25) is 0 Å². The van der Waals surface area contributed by atoms with Gasteiger partial charge in [0.05, 0.1) is 12.1 Å². The second-order valence-corrected chi connectivity index (χ2v) is 7.21. The second kappa shape index (κ2) is 9.32. The van der Waals surface area contributed by atoms with E-state index in [1.807, 2.05) is 85.9 Å². The van der Waals surface area contributed by atoms with E-state index < -0.39 is 0 Å². The van der Waals surface area contributed by atoms with Gasteiger partial charge in [0.15, 0.2) is 5.82 Å². The van der Waals surface area contributed by atoms with Crippen LogP contribution >= 0.6 is 0 Å². The van der Waals surface area contributed by atoms with Crippen molar-refractivity contribution in [1.29, 1.82) is 0 Å². The number of amides is 1. The first-order chi connectivity index (χ1) is 15.1. The number of fused-ring (bicyclic) bond motifs is 1. The number of hydrogen-bond acceptors (Lipinski definition) is 4. The van der Waals surface area contributed by atoms with Crippen LogP contribution in [0.5, 0.6) is 0 Å². The summed E-state index contributed by atoms with van der Waals surface area (Å²) in [5.74, 6) is 0.511. The highest BCUT2D eigenvalue weighted by Crippen LogP contribution is 2.28. The Bertz CT molecular complexity index is 1250. The quantitative estimate of drug-likeness (QED) is 0.456. The molecule has 0 bridgehead atoms. The molecular weight excluding hydrogens is 386 g/mol. The van der Waals surface area contributed by atoms with Crippen molar-refractivity contribution in [2.45, 2.75) is 6.92 Å². The molecule has 4 aromatic rings. The Balaban J connectivity index is 1.63. The van der Waals surface area contributed by atoms with Crippen LogP contribution in [0.3, 0.4) is 0 Å². The summed E-state index contributed by atoms with van der Waals surface area (Å²) in [4.78, 5) is 21.7. The molecule has 1 amide bonds. The molecule has 0 radical (unpaired) electrons. The highest BCUT2D eigenvalue weighted by atomic mass is 16.5. The van der Waals surface area contributed by atoms with Gasteiger partial charge in [0.2, 0.25) is 0 Å². The van der Waals surface area contributed by atoms with E-state index in [0.29, 0.717) is 18.0 Å². The van der Waals surface area contributed by atoms with E-state index in [0.717, 1.165) is 33.3 Å². The van der Waals surface area contributed by atoms with E-state index in [9.17, 15) is 4.79 Å². The Hall–Kier alpha value is -3.83. The van der Waals surface area contributed by atoms with E-state index >= 15 is 0 Å². The number of aryl methyl sites for hydroxylation is 1. The molecule has 0 aliphatic carbocycles. The molecule has 31 heavy (non-hydrogen) atoms. The van der Waals surface area contributed by atoms with Crippen molar-refractivity contribution in [2.24, 2.45) is 0 Å². The lowest BCUT2D eigenvalue weighted by Gasteiger charge is -2.11. The summed E-state index contributed by atoms with van der Waals surface area (Å²) in [5, 5.41) is 3.88. The van der Waals surface area contributed by atoms with Gasteiger partial charge >= 0.3 is 0 Å². The summed E-state index contributed by atoms with van der Waals surface area (Å²) in [6.45, 7) is 2.56.